The Kier molecular flexibility index (Phi) is 6.51. The van der Waals surface area contributed by atoms with Crippen LogP contribution in [0.3, 0.4) is 0 Å². The topological polar surface area (TPSA) is 73.2 Å². The molecule has 0 spiro atoms. The van der Waals surface area contributed by atoms with E-state index in [-0.39, 0.29) is 11.5 Å². The first kappa shape index (κ1) is 22.6. The Morgan fingerprint density at radius 2 is 1.73 bits per heavy atom. The average molecular weight is 460 g/mol. The molecule has 0 aliphatic heterocycles. The Labute approximate surface area is 196 Å². The van der Waals surface area contributed by atoms with Crippen molar-refractivity contribution in [1.29, 1.82) is 0 Å². The van der Waals surface area contributed by atoms with Gasteiger partial charge in [0.05, 0.1) is 34.6 Å². The van der Waals surface area contributed by atoms with Gasteiger partial charge in [0.15, 0.2) is 5.16 Å². The van der Waals surface area contributed by atoms with E-state index in [0.29, 0.717) is 33.2 Å². The summed E-state index contributed by atoms with van der Waals surface area (Å²) in [4.78, 5) is 31.2. The van der Waals surface area contributed by atoms with Crippen LogP contribution in [0.2, 0.25) is 0 Å². The SMILES string of the molecule is COc1ccc(C)cc1NC(=O)C(C)Sc1nc2ccccc2c(=O)n1-c1ccc(C)cc1. The number of aromatic nitrogens is 2. The maximum atomic E-state index is 13.4. The number of benzene rings is 3. The normalized spacial score (nSPS) is 11.9. The number of nitrogens with one attached hydrogen (secondary N) is 1. The molecular weight excluding hydrogens is 434 g/mol. The van der Waals surface area contributed by atoms with Gasteiger partial charge in [-0.1, -0.05) is 47.7 Å². The summed E-state index contributed by atoms with van der Waals surface area (Å²) < 4.78 is 6.94. The first-order valence-corrected chi connectivity index (χ1v) is 11.5. The Balaban J connectivity index is 1.71. The molecule has 3 aromatic carbocycles. The predicted octanol–water partition coefficient (Wildman–Crippen LogP) is 5.13. The molecule has 4 rings (SSSR count). The maximum Gasteiger partial charge on any atom is 0.266 e. The van der Waals surface area contributed by atoms with Gasteiger partial charge in [-0.05, 0) is 62.7 Å². The lowest BCUT2D eigenvalue weighted by Crippen LogP contribution is -2.26. The van der Waals surface area contributed by atoms with Gasteiger partial charge in [-0.15, -0.1) is 0 Å². The third kappa shape index (κ3) is 4.78. The quantitative estimate of drug-likeness (QED) is 0.320. The van der Waals surface area contributed by atoms with Crippen LogP contribution in [0.4, 0.5) is 5.69 Å². The Hall–Kier alpha value is -3.58. The lowest BCUT2D eigenvalue weighted by molar-refractivity contribution is -0.115. The molecule has 0 saturated carbocycles. The van der Waals surface area contributed by atoms with Crippen molar-refractivity contribution in [3.05, 3.63) is 88.2 Å². The third-order valence-electron chi connectivity index (χ3n) is 5.30. The van der Waals surface area contributed by atoms with Crippen molar-refractivity contribution in [3.63, 3.8) is 0 Å². The summed E-state index contributed by atoms with van der Waals surface area (Å²) >= 11 is 1.24. The zero-order chi connectivity index (χ0) is 23.5. The van der Waals surface area contributed by atoms with Crippen molar-refractivity contribution in [2.45, 2.75) is 31.2 Å². The number of rotatable bonds is 6. The van der Waals surface area contributed by atoms with Crippen LogP contribution in [0.15, 0.2) is 76.7 Å². The highest BCUT2D eigenvalue weighted by Gasteiger charge is 2.21. The summed E-state index contributed by atoms with van der Waals surface area (Å²) in [5.74, 6) is 0.383. The molecule has 0 bridgehead atoms. The van der Waals surface area contributed by atoms with E-state index in [0.717, 1.165) is 11.1 Å². The molecule has 4 aromatic rings. The summed E-state index contributed by atoms with van der Waals surface area (Å²) in [6, 6.07) is 20.5. The van der Waals surface area contributed by atoms with E-state index in [1.807, 2.05) is 74.5 Å². The van der Waals surface area contributed by atoms with E-state index in [4.69, 9.17) is 9.72 Å². The fourth-order valence-electron chi connectivity index (χ4n) is 3.48. The van der Waals surface area contributed by atoms with Crippen LogP contribution in [0.1, 0.15) is 18.1 Å². The number of fused-ring (bicyclic) bond motifs is 1. The van der Waals surface area contributed by atoms with Crippen LogP contribution in [0.5, 0.6) is 5.75 Å². The number of carbonyl (C=O) groups excluding carboxylic acids is 1. The van der Waals surface area contributed by atoms with Crippen molar-refractivity contribution < 1.29 is 9.53 Å². The molecule has 1 unspecified atom stereocenters. The fourth-order valence-corrected chi connectivity index (χ4v) is 4.41. The van der Waals surface area contributed by atoms with Crippen molar-refractivity contribution >= 4 is 34.3 Å². The Morgan fingerprint density at radius 1 is 1.03 bits per heavy atom. The largest absolute Gasteiger partial charge is 0.495 e. The van der Waals surface area contributed by atoms with E-state index in [2.05, 4.69) is 5.32 Å². The number of aryl methyl sites for hydroxylation is 2. The van der Waals surface area contributed by atoms with E-state index in [1.54, 1.807) is 24.7 Å². The van der Waals surface area contributed by atoms with Crippen molar-refractivity contribution in [2.75, 3.05) is 12.4 Å². The van der Waals surface area contributed by atoms with Gasteiger partial charge in [0, 0.05) is 0 Å². The Morgan fingerprint density at radius 3 is 2.45 bits per heavy atom. The number of thioether (sulfide) groups is 1. The molecule has 168 valence electrons. The minimum atomic E-state index is -0.514. The molecule has 1 heterocycles. The van der Waals surface area contributed by atoms with E-state index in [1.165, 1.54) is 11.8 Å². The lowest BCUT2D eigenvalue weighted by atomic mass is 10.2. The van der Waals surface area contributed by atoms with Gasteiger partial charge in [-0.2, -0.15) is 0 Å². The van der Waals surface area contributed by atoms with E-state index < -0.39 is 5.25 Å². The first-order chi connectivity index (χ1) is 15.9. The van der Waals surface area contributed by atoms with Gasteiger partial charge in [0.1, 0.15) is 5.75 Å². The third-order valence-corrected chi connectivity index (χ3v) is 6.35. The minimum Gasteiger partial charge on any atom is -0.495 e. The van der Waals surface area contributed by atoms with Gasteiger partial charge in [-0.3, -0.25) is 14.2 Å². The lowest BCUT2D eigenvalue weighted by Gasteiger charge is -2.17. The fraction of sp³-hybridized carbons (Fsp3) is 0.192. The number of amides is 1. The first-order valence-electron chi connectivity index (χ1n) is 10.6. The molecule has 0 radical (unpaired) electrons. The summed E-state index contributed by atoms with van der Waals surface area (Å²) in [7, 11) is 1.57. The molecule has 0 aliphatic carbocycles. The van der Waals surface area contributed by atoms with Crippen LogP contribution in [-0.2, 0) is 4.79 Å². The number of carbonyl (C=O) groups is 1. The van der Waals surface area contributed by atoms with Gasteiger partial charge in [0.25, 0.3) is 5.56 Å². The standard InChI is InChI=1S/C26H25N3O3S/c1-16-9-12-19(13-10-16)29-25(31)20-7-5-6-8-21(20)28-26(29)33-18(3)24(30)27-22-15-17(2)11-14-23(22)32-4/h5-15,18H,1-4H3,(H,27,30). The zero-order valence-corrected chi connectivity index (χ0v) is 19.8. The highest BCUT2D eigenvalue weighted by Crippen LogP contribution is 2.29. The van der Waals surface area contributed by atoms with Crippen molar-refractivity contribution in [3.8, 4) is 11.4 Å². The summed E-state index contributed by atoms with van der Waals surface area (Å²) in [5, 5.41) is 3.42. The van der Waals surface area contributed by atoms with Crippen LogP contribution in [-0.4, -0.2) is 27.8 Å². The molecule has 33 heavy (non-hydrogen) atoms. The molecule has 0 aliphatic rings. The van der Waals surface area contributed by atoms with Gasteiger partial charge < -0.3 is 10.1 Å². The van der Waals surface area contributed by atoms with Crippen LogP contribution >= 0.6 is 11.8 Å². The number of hydrogen-bond acceptors (Lipinski definition) is 5. The molecule has 0 fully saturated rings. The van der Waals surface area contributed by atoms with Crippen LogP contribution < -0.4 is 15.6 Å². The summed E-state index contributed by atoms with van der Waals surface area (Å²) in [5.41, 5.74) is 3.85. The van der Waals surface area contributed by atoms with E-state index in [9.17, 15) is 9.59 Å². The predicted molar refractivity (Wildman–Crippen MR) is 134 cm³/mol. The molecule has 1 aromatic heterocycles. The molecule has 6 nitrogen and oxygen atoms in total. The number of para-hydroxylation sites is 1. The van der Waals surface area contributed by atoms with Crippen molar-refractivity contribution in [1.82, 2.24) is 9.55 Å². The molecule has 1 amide bonds. The number of methoxy groups -OCH3 is 1. The van der Waals surface area contributed by atoms with E-state index >= 15 is 0 Å². The molecule has 0 saturated heterocycles. The van der Waals surface area contributed by atoms with Gasteiger partial charge in [0.2, 0.25) is 5.91 Å². The molecule has 1 atom stereocenters. The second kappa shape index (κ2) is 9.50. The Bertz CT molecular complexity index is 1380. The smallest absolute Gasteiger partial charge is 0.266 e. The summed E-state index contributed by atoms with van der Waals surface area (Å²) in [6.07, 6.45) is 0. The van der Waals surface area contributed by atoms with Crippen LogP contribution in [0, 0.1) is 13.8 Å². The number of hydrogen-bond donors (Lipinski definition) is 1. The second-order valence-corrected chi connectivity index (χ2v) is 9.15. The maximum absolute atomic E-state index is 13.4. The molecule has 1 N–H and O–H groups in total. The average Bonchev–Trinajstić information content (AvgIpc) is 2.80. The monoisotopic (exact) mass is 459 g/mol. The molecule has 7 heteroatoms. The van der Waals surface area contributed by atoms with Gasteiger partial charge >= 0.3 is 0 Å². The zero-order valence-electron chi connectivity index (χ0n) is 19.0. The molecular formula is C26H25N3O3S. The second-order valence-electron chi connectivity index (χ2n) is 7.84. The number of ether oxygens (including phenoxy) is 1. The summed E-state index contributed by atoms with van der Waals surface area (Å²) in [6.45, 7) is 5.74. The highest BCUT2D eigenvalue weighted by atomic mass is 32.2. The van der Waals surface area contributed by atoms with Crippen LogP contribution in [0.25, 0.3) is 16.6 Å². The minimum absolute atomic E-state index is 0.167. The highest BCUT2D eigenvalue weighted by molar-refractivity contribution is 8.00. The number of anilines is 1. The van der Waals surface area contributed by atoms with Crippen molar-refractivity contribution in [2.24, 2.45) is 0 Å². The number of nitrogens with zero attached hydrogens (tertiary/aromatic N) is 2. The van der Waals surface area contributed by atoms with Gasteiger partial charge in [-0.25, -0.2) is 4.98 Å².